The summed E-state index contributed by atoms with van der Waals surface area (Å²) in [6.45, 7) is 2.30. The Bertz CT molecular complexity index is 1200. The number of ether oxygens (including phenoxy) is 1. The minimum atomic E-state index is -0.607. The molecule has 0 unspecified atom stereocenters. The molecule has 3 amide bonds. The maximum Gasteiger partial charge on any atom is 0.255 e. The van der Waals surface area contributed by atoms with Gasteiger partial charge >= 0.3 is 0 Å². The Hall–Kier alpha value is -2.97. The number of benzene rings is 1. The van der Waals surface area contributed by atoms with Crippen molar-refractivity contribution in [3.63, 3.8) is 0 Å². The highest BCUT2D eigenvalue weighted by atomic mass is 35.5. The second kappa shape index (κ2) is 9.48. The molecule has 188 valence electrons. The number of imide groups is 1. The summed E-state index contributed by atoms with van der Waals surface area (Å²) in [5.41, 5.74) is 2.56. The van der Waals surface area contributed by atoms with Gasteiger partial charge in [-0.25, -0.2) is 0 Å². The van der Waals surface area contributed by atoms with Crippen LogP contribution in [0.1, 0.15) is 66.1 Å². The van der Waals surface area contributed by atoms with E-state index in [4.69, 9.17) is 16.3 Å². The highest BCUT2D eigenvalue weighted by Crippen LogP contribution is 2.36. The standard InChI is InChI=1S/C27H29ClN4O4/c28-18-5-8-21(29-12-18)17-13-31(14-17)22-3-1-2-4-24(22)36-19-6-7-20-16(11-19)15-32(27(20)35)23-9-10-25(33)30-26(23)34/h5-8,11-12,17,22-24H,1-4,9-10,13-15H2,(H,30,33,34)/t22-,23-,24-/m1/s1. The first-order valence-corrected chi connectivity index (χ1v) is 13.1. The van der Waals surface area contributed by atoms with Crippen LogP contribution in [0, 0.1) is 0 Å². The monoisotopic (exact) mass is 508 g/mol. The lowest BCUT2D eigenvalue weighted by Gasteiger charge is -2.48. The van der Waals surface area contributed by atoms with Crippen molar-refractivity contribution in [3.05, 3.63) is 58.4 Å². The Morgan fingerprint density at radius 1 is 1.03 bits per heavy atom. The summed E-state index contributed by atoms with van der Waals surface area (Å²) in [7, 11) is 0. The number of piperidine rings is 1. The molecule has 4 aliphatic rings. The molecule has 0 bridgehead atoms. The molecule has 0 radical (unpaired) electrons. The summed E-state index contributed by atoms with van der Waals surface area (Å²) >= 11 is 5.99. The van der Waals surface area contributed by atoms with Crippen LogP contribution in [0.2, 0.25) is 5.02 Å². The Balaban J connectivity index is 1.11. The van der Waals surface area contributed by atoms with E-state index in [-0.39, 0.29) is 24.3 Å². The molecule has 1 N–H and O–H groups in total. The Morgan fingerprint density at radius 3 is 2.64 bits per heavy atom. The Morgan fingerprint density at radius 2 is 1.86 bits per heavy atom. The fraction of sp³-hybridized carbons (Fsp3) is 0.481. The third-order valence-corrected chi connectivity index (χ3v) is 8.22. The number of carbonyl (C=O) groups excluding carboxylic acids is 3. The predicted molar refractivity (Wildman–Crippen MR) is 133 cm³/mol. The zero-order valence-corrected chi connectivity index (χ0v) is 20.7. The van der Waals surface area contributed by atoms with Crippen LogP contribution in [-0.4, -0.2) is 63.8 Å². The van der Waals surface area contributed by atoms with Gasteiger partial charge in [0.2, 0.25) is 11.8 Å². The van der Waals surface area contributed by atoms with Gasteiger partial charge in [0.25, 0.3) is 5.91 Å². The van der Waals surface area contributed by atoms with Gasteiger partial charge in [-0.2, -0.15) is 0 Å². The zero-order chi connectivity index (χ0) is 24.8. The molecule has 1 aliphatic carbocycles. The first-order chi connectivity index (χ1) is 17.5. The van der Waals surface area contributed by atoms with E-state index >= 15 is 0 Å². The summed E-state index contributed by atoms with van der Waals surface area (Å²) in [6.07, 6.45) is 6.88. The van der Waals surface area contributed by atoms with Crippen LogP contribution in [0.5, 0.6) is 5.75 Å². The largest absolute Gasteiger partial charge is 0.489 e. The van der Waals surface area contributed by atoms with Crippen molar-refractivity contribution in [2.45, 2.75) is 69.2 Å². The lowest BCUT2D eigenvalue weighted by molar-refractivity contribution is -0.136. The van der Waals surface area contributed by atoms with E-state index in [0.29, 0.717) is 35.5 Å². The first-order valence-electron chi connectivity index (χ1n) is 12.8. The zero-order valence-electron chi connectivity index (χ0n) is 20.0. The molecular formula is C27H29ClN4O4. The van der Waals surface area contributed by atoms with E-state index in [1.165, 1.54) is 6.42 Å². The quantitative estimate of drug-likeness (QED) is 0.623. The van der Waals surface area contributed by atoms with Crippen LogP contribution < -0.4 is 10.1 Å². The molecule has 2 aromatic rings. The molecule has 3 fully saturated rings. The maximum absolute atomic E-state index is 13.0. The van der Waals surface area contributed by atoms with Crippen molar-refractivity contribution < 1.29 is 19.1 Å². The fourth-order valence-electron chi connectivity index (χ4n) is 6.03. The highest BCUT2D eigenvalue weighted by molar-refractivity contribution is 6.30. The van der Waals surface area contributed by atoms with Crippen molar-refractivity contribution in [3.8, 4) is 5.75 Å². The molecule has 1 saturated carbocycles. The number of pyridine rings is 1. The van der Waals surface area contributed by atoms with E-state index in [1.807, 2.05) is 30.3 Å². The molecule has 0 spiro atoms. The lowest BCUT2D eigenvalue weighted by atomic mass is 9.85. The first kappa shape index (κ1) is 23.4. The van der Waals surface area contributed by atoms with Gasteiger partial charge in [0.05, 0.1) is 5.02 Å². The van der Waals surface area contributed by atoms with Crippen LogP contribution in [0.15, 0.2) is 36.5 Å². The van der Waals surface area contributed by atoms with Gasteiger partial charge in [0.15, 0.2) is 0 Å². The van der Waals surface area contributed by atoms with E-state index < -0.39 is 11.9 Å². The number of nitrogens with one attached hydrogen (secondary N) is 1. The van der Waals surface area contributed by atoms with Gasteiger partial charge in [0, 0.05) is 55.5 Å². The Labute approximate surface area is 214 Å². The Kier molecular flexibility index (Phi) is 6.17. The molecule has 8 nitrogen and oxygen atoms in total. The van der Waals surface area contributed by atoms with Crippen LogP contribution in [0.4, 0.5) is 0 Å². The van der Waals surface area contributed by atoms with Crippen molar-refractivity contribution >= 4 is 29.3 Å². The van der Waals surface area contributed by atoms with Crippen LogP contribution in [0.3, 0.4) is 0 Å². The predicted octanol–water partition coefficient (Wildman–Crippen LogP) is 3.29. The number of amides is 3. The molecule has 1 aromatic carbocycles. The maximum atomic E-state index is 13.0. The molecule has 36 heavy (non-hydrogen) atoms. The third-order valence-electron chi connectivity index (χ3n) is 8.00. The van der Waals surface area contributed by atoms with E-state index in [9.17, 15) is 14.4 Å². The van der Waals surface area contributed by atoms with Gasteiger partial charge in [-0.1, -0.05) is 18.0 Å². The minimum Gasteiger partial charge on any atom is -0.489 e. The molecule has 4 heterocycles. The molecule has 1 aromatic heterocycles. The molecule has 3 atom stereocenters. The van der Waals surface area contributed by atoms with Gasteiger partial charge < -0.3 is 9.64 Å². The average molecular weight is 509 g/mol. The number of halogens is 1. The number of carbonyl (C=O) groups is 3. The van der Waals surface area contributed by atoms with Gasteiger partial charge in [-0.3, -0.25) is 29.6 Å². The second-order valence-corrected chi connectivity index (χ2v) is 10.7. The van der Waals surface area contributed by atoms with E-state index in [1.54, 1.807) is 11.1 Å². The molecule has 9 heteroatoms. The summed E-state index contributed by atoms with van der Waals surface area (Å²) in [6, 6.07) is 9.29. The number of aromatic nitrogens is 1. The fourth-order valence-corrected chi connectivity index (χ4v) is 6.14. The van der Waals surface area contributed by atoms with Crippen LogP contribution in [0.25, 0.3) is 0 Å². The van der Waals surface area contributed by atoms with Gasteiger partial charge in [0.1, 0.15) is 17.9 Å². The summed E-state index contributed by atoms with van der Waals surface area (Å²) in [4.78, 5) is 45.4. The highest BCUT2D eigenvalue weighted by Gasteiger charge is 2.41. The van der Waals surface area contributed by atoms with Crippen molar-refractivity contribution in [1.82, 2.24) is 20.1 Å². The number of hydrogen-bond donors (Lipinski definition) is 1. The molecule has 6 rings (SSSR count). The summed E-state index contributed by atoms with van der Waals surface area (Å²) in [5, 5.41) is 3.01. The van der Waals surface area contributed by atoms with Crippen LogP contribution >= 0.6 is 11.6 Å². The van der Waals surface area contributed by atoms with Crippen molar-refractivity contribution in [2.75, 3.05) is 13.1 Å². The van der Waals surface area contributed by atoms with E-state index in [0.717, 1.165) is 49.4 Å². The summed E-state index contributed by atoms with van der Waals surface area (Å²) in [5.74, 6) is 0.352. The normalized spacial score (nSPS) is 27.0. The number of likely N-dealkylation sites (tertiary alicyclic amines) is 1. The SMILES string of the molecule is O=C1CC[C@@H](N2Cc3cc(O[C@@H]4CCCC[C@H]4N4CC(c5ccc(Cl)cn5)C4)ccc3C2=O)C(=O)N1. The molecule has 2 saturated heterocycles. The number of fused-ring (bicyclic) bond motifs is 1. The summed E-state index contributed by atoms with van der Waals surface area (Å²) < 4.78 is 6.53. The van der Waals surface area contributed by atoms with E-state index in [2.05, 4.69) is 15.2 Å². The minimum absolute atomic E-state index is 0.0965. The third kappa shape index (κ3) is 4.37. The van der Waals surface area contributed by atoms with Crippen molar-refractivity contribution in [1.29, 1.82) is 0 Å². The molecule has 3 aliphatic heterocycles. The average Bonchev–Trinajstić information content (AvgIpc) is 3.16. The second-order valence-electron chi connectivity index (χ2n) is 10.3. The van der Waals surface area contributed by atoms with Gasteiger partial charge in [-0.15, -0.1) is 0 Å². The van der Waals surface area contributed by atoms with Gasteiger partial charge in [-0.05, 0) is 61.6 Å². The number of hydrogen-bond acceptors (Lipinski definition) is 6. The number of rotatable bonds is 5. The van der Waals surface area contributed by atoms with Crippen molar-refractivity contribution in [2.24, 2.45) is 0 Å². The smallest absolute Gasteiger partial charge is 0.255 e. The van der Waals surface area contributed by atoms with Crippen LogP contribution in [-0.2, 0) is 16.1 Å². The topological polar surface area (TPSA) is 91.8 Å². The number of nitrogens with zero attached hydrogens (tertiary/aromatic N) is 3. The molecular weight excluding hydrogens is 480 g/mol. The lowest BCUT2D eigenvalue weighted by Crippen LogP contribution is -2.57.